The molecule has 3 aromatic rings. The van der Waals surface area contributed by atoms with Crippen molar-refractivity contribution in [3.8, 4) is 5.69 Å². The zero-order valence-corrected chi connectivity index (χ0v) is 20.1. The van der Waals surface area contributed by atoms with Crippen LogP contribution in [0.25, 0.3) is 5.69 Å². The van der Waals surface area contributed by atoms with Crippen LogP contribution in [0.1, 0.15) is 36.9 Å². The first-order chi connectivity index (χ1) is 15.0. The van der Waals surface area contributed by atoms with Crippen LogP contribution in [0.15, 0.2) is 65.5 Å². The summed E-state index contributed by atoms with van der Waals surface area (Å²) in [5.41, 5.74) is 2.05. The molecule has 0 saturated carbocycles. The molecule has 0 amide bonds. The predicted octanol–water partition coefficient (Wildman–Crippen LogP) is 0.139. The van der Waals surface area contributed by atoms with Crippen molar-refractivity contribution in [2.75, 3.05) is 18.0 Å². The van der Waals surface area contributed by atoms with Gasteiger partial charge in [-0.1, -0.05) is 48.5 Å². The maximum absolute atomic E-state index is 13.7. The van der Waals surface area contributed by atoms with Gasteiger partial charge < -0.3 is 22.1 Å². The van der Waals surface area contributed by atoms with Crippen LogP contribution in [0.3, 0.4) is 0 Å². The molecule has 0 spiro atoms. The minimum Gasteiger partial charge on any atom is -1.00 e. The zero-order valence-electron chi connectivity index (χ0n) is 18.5. The number of rotatable bonds is 3. The Kier molecular flexibility index (Phi) is 6.14. The van der Waals surface area contributed by atoms with Crippen molar-refractivity contribution in [2.24, 2.45) is 7.05 Å². The van der Waals surface area contributed by atoms with E-state index in [4.69, 9.17) is 0 Å². The van der Waals surface area contributed by atoms with Crippen molar-refractivity contribution in [3.63, 3.8) is 0 Å². The van der Waals surface area contributed by atoms with Crippen molar-refractivity contribution in [1.82, 2.24) is 9.36 Å². The van der Waals surface area contributed by atoms with Crippen molar-refractivity contribution >= 4 is 11.5 Å². The van der Waals surface area contributed by atoms with E-state index in [0.29, 0.717) is 12.2 Å². The second-order valence-electron chi connectivity index (χ2n) is 8.56. The van der Waals surface area contributed by atoms with Crippen LogP contribution < -0.4 is 27.4 Å². The Balaban J connectivity index is 0.00000245. The first kappa shape index (κ1) is 22.6. The predicted molar refractivity (Wildman–Crippen MR) is 122 cm³/mol. The zero-order chi connectivity index (χ0) is 21.6. The van der Waals surface area contributed by atoms with Crippen molar-refractivity contribution in [2.45, 2.75) is 38.3 Å². The molecule has 0 radical (unpaired) electrons. The molecule has 1 N–H and O–H groups in total. The highest BCUT2D eigenvalue weighted by atomic mass is 79.9. The molecular formula is C25H29BrN4O2. The lowest BCUT2D eigenvalue weighted by atomic mass is 10.0. The van der Waals surface area contributed by atoms with Gasteiger partial charge in [-0.15, -0.1) is 0 Å². The summed E-state index contributed by atoms with van der Waals surface area (Å²) in [6, 6.07) is 19.6. The normalized spacial score (nSPS) is 20.7. The molecule has 2 aliphatic rings. The third-order valence-electron chi connectivity index (χ3n) is 6.76. The molecule has 1 atom stereocenters. The minimum atomic E-state index is -1.15. The number of aliphatic hydroxyl groups is 1. The summed E-state index contributed by atoms with van der Waals surface area (Å²) in [7, 11) is 1.92. The lowest BCUT2D eigenvalue weighted by molar-refractivity contribution is -0.658. The third-order valence-corrected chi connectivity index (χ3v) is 6.76. The van der Waals surface area contributed by atoms with E-state index in [-0.39, 0.29) is 22.5 Å². The van der Waals surface area contributed by atoms with Gasteiger partial charge in [0.1, 0.15) is 0 Å². The van der Waals surface area contributed by atoms with Gasteiger partial charge in [-0.3, -0.25) is 9.48 Å². The molecule has 3 heterocycles. The summed E-state index contributed by atoms with van der Waals surface area (Å²) in [6.07, 6.45) is 4.08. The highest BCUT2D eigenvalue weighted by Crippen LogP contribution is 2.35. The van der Waals surface area contributed by atoms with Crippen LogP contribution in [0.5, 0.6) is 0 Å². The van der Waals surface area contributed by atoms with E-state index in [0.717, 1.165) is 55.0 Å². The van der Waals surface area contributed by atoms with Gasteiger partial charge in [0.2, 0.25) is 5.69 Å². The summed E-state index contributed by atoms with van der Waals surface area (Å²) in [5, 5.41) is 11.9. The van der Waals surface area contributed by atoms with E-state index in [1.54, 1.807) is 4.68 Å². The monoisotopic (exact) mass is 496 g/mol. The lowest BCUT2D eigenvalue weighted by Gasteiger charge is -2.23. The molecule has 2 aromatic carbocycles. The average Bonchev–Trinajstić information content (AvgIpc) is 3.05. The van der Waals surface area contributed by atoms with E-state index in [1.807, 2.05) is 79.3 Å². The number of halogens is 1. The van der Waals surface area contributed by atoms with Gasteiger partial charge in [-0.05, 0) is 38.3 Å². The second kappa shape index (κ2) is 8.71. The van der Waals surface area contributed by atoms with E-state index in [2.05, 4.69) is 9.48 Å². The molecule has 168 valence electrons. The Morgan fingerprint density at radius 1 is 0.969 bits per heavy atom. The summed E-state index contributed by atoms with van der Waals surface area (Å²) in [4.78, 5) is 15.8. The minimum absolute atomic E-state index is 0. The highest BCUT2D eigenvalue weighted by molar-refractivity contribution is 5.96. The number of hydrogen-bond acceptors (Lipinski definition) is 3. The van der Waals surface area contributed by atoms with Crippen molar-refractivity contribution in [1.29, 1.82) is 0 Å². The molecule has 5 rings (SSSR count). The molecule has 0 bridgehead atoms. The molecule has 1 aromatic heterocycles. The van der Waals surface area contributed by atoms with Crippen LogP contribution in [0.2, 0.25) is 0 Å². The number of nitrogens with zero attached hydrogens (tertiary/aromatic N) is 4. The number of aromatic nitrogens is 2. The van der Waals surface area contributed by atoms with Crippen molar-refractivity contribution < 1.29 is 26.7 Å². The van der Waals surface area contributed by atoms with Gasteiger partial charge in [-0.2, -0.15) is 0 Å². The Hall–Kier alpha value is -2.64. The first-order valence-electron chi connectivity index (χ1n) is 11.1. The first-order valence-corrected chi connectivity index (χ1v) is 11.1. The summed E-state index contributed by atoms with van der Waals surface area (Å²) >= 11 is 0. The molecule has 1 unspecified atom stereocenters. The van der Waals surface area contributed by atoms with Gasteiger partial charge in [-0.25, -0.2) is 14.2 Å². The Labute approximate surface area is 198 Å². The number of β-amino-alcohol motifs (C(OH)–C–C–N with tert-alkyl or cyclic N) is 1. The number of para-hydroxylation sites is 1. The standard InChI is InChI=1S/C25H29N4O2.BrH/c1-19-23(24(30)29(26(19)2)21-14-8-4-9-15-21)27-18-25(31,20-12-6-3-7-13-20)28-17-11-5-10-16-22(27)28;/h3-4,6-9,12-15,31H,5,10-11,16-18H2,1-2H3;1H/q+1;/p-1. The van der Waals surface area contributed by atoms with E-state index >= 15 is 0 Å². The van der Waals surface area contributed by atoms with Crippen LogP contribution >= 0.6 is 0 Å². The fourth-order valence-electron chi connectivity index (χ4n) is 5.10. The highest BCUT2D eigenvalue weighted by Gasteiger charge is 2.53. The molecule has 0 aliphatic carbocycles. The molecule has 7 heteroatoms. The number of amidine groups is 1. The van der Waals surface area contributed by atoms with Crippen LogP contribution in [-0.4, -0.2) is 38.0 Å². The van der Waals surface area contributed by atoms with Crippen LogP contribution in [0.4, 0.5) is 5.69 Å². The quantitative estimate of drug-likeness (QED) is 0.524. The maximum Gasteiger partial charge on any atom is 0.318 e. The van der Waals surface area contributed by atoms with Crippen molar-refractivity contribution in [3.05, 3.63) is 82.3 Å². The topological polar surface area (TPSA) is 53.4 Å². The number of hydrogen-bond donors (Lipinski definition) is 1. The fourth-order valence-corrected chi connectivity index (χ4v) is 5.10. The Bertz CT molecular complexity index is 1200. The van der Waals surface area contributed by atoms with E-state index in [9.17, 15) is 9.90 Å². The van der Waals surface area contributed by atoms with Gasteiger partial charge in [0.25, 0.3) is 11.6 Å². The van der Waals surface area contributed by atoms with E-state index < -0.39 is 5.72 Å². The smallest absolute Gasteiger partial charge is 0.318 e. The van der Waals surface area contributed by atoms with Gasteiger partial charge in [0, 0.05) is 19.0 Å². The summed E-state index contributed by atoms with van der Waals surface area (Å²) < 4.78 is 5.76. The molecule has 0 fully saturated rings. The molecule has 6 nitrogen and oxygen atoms in total. The summed E-state index contributed by atoms with van der Waals surface area (Å²) in [6.45, 7) is 3.12. The third kappa shape index (κ3) is 3.44. The van der Waals surface area contributed by atoms with Gasteiger partial charge in [0.15, 0.2) is 6.54 Å². The summed E-state index contributed by atoms with van der Waals surface area (Å²) in [5.74, 6) is 1.05. The molecule has 2 aliphatic heterocycles. The van der Waals surface area contributed by atoms with Gasteiger partial charge in [0.05, 0.1) is 17.9 Å². The molecular weight excluding hydrogens is 468 g/mol. The number of benzene rings is 2. The van der Waals surface area contributed by atoms with Gasteiger partial charge >= 0.3 is 5.56 Å². The van der Waals surface area contributed by atoms with E-state index in [1.165, 1.54) is 0 Å². The van der Waals surface area contributed by atoms with Crippen LogP contribution in [0, 0.1) is 6.92 Å². The maximum atomic E-state index is 13.7. The molecule has 0 saturated heterocycles. The Morgan fingerprint density at radius 3 is 2.31 bits per heavy atom. The SMILES string of the molecule is Cc1c(N2CC(O)(c3ccccc3)[N+]3=C2CCCCC3)c(=O)n(-c2ccccc2)n1C.[Br-]. The average molecular weight is 497 g/mol. The second-order valence-corrected chi connectivity index (χ2v) is 8.56. The fraction of sp³-hybridized carbons (Fsp3) is 0.360. The Morgan fingerprint density at radius 2 is 1.62 bits per heavy atom. The number of anilines is 1. The van der Waals surface area contributed by atoms with Crippen LogP contribution in [-0.2, 0) is 12.8 Å². The molecule has 32 heavy (non-hydrogen) atoms. The largest absolute Gasteiger partial charge is 1.00 e. The lowest BCUT2D eigenvalue weighted by Crippen LogP contribution is -3.00.